The van der Waals surface area contributed by atoms with Gasteiger partial charge >= 0.3 is 18.3 Å². The summed E-state index contributed by atoms with van der Waals surface area (Å²) >= 11 is 0. The first-order chi connectivity index (χ1) is 42.1. The summed E-state index contributed by atoms with van der Waals surface area (Å²) in [6.07, 6.45) is 18.8. The SMILES string of the molecule is CC(C)(C)OC(=O)NCCCC1CCc2cccnc2N1.CC(C)(C)OC(=O)NCCCc1ccc2c(n1)NCCC2.CC(C)(C)OC(=O)NCCCc1ccc2cccnc2n1.CO.NCCCc1ccc2c(n1)NCCC2.Nc1ncccc1C=O. The van der Waals surface area contributed by atoms with E-state index in [-0.39, 0.29) is 24.1 Å². The van der Waals surface area contributed by atoms with E-state index < -0.39 is 16.8 Å². The van der Waals surface area contributed by atoms with E-state index in [0.29, 0.717) is 37.5 Å². The fourth-order valence-corrected chi connectivity index (χ4v) is 8.94. The molecule has 1 unspecified atom stereocenters. The van der Waals surface area contributed by atoms with Crippen molar-refractivity contribution in [3.8, 4) is 0 Å². The van der Waals surface area contributed by atoms with Crippen LogP contribution in [0.3, 0.4) is 0 Å². The summed E-state index contributed by atoms with van der Waals surface area (Å²) in [4.78, 5) is 70.6. The number of ether oxygens (including phenoxy) is 3. The van der Waals surface area contributed by atoms with Gasteiger partial charge in [-0.3, -0.25) is 4.79 Å². The number of nitrogens with zero attached hydrogens (tertiary/aromatic N) is 6. The number of alkyl carbamates (subject to hydrolysis) is 3. The molecular formula is C66H98N14O8. The van der Waals surface area contributed by atoms with Crippen molar-refractivity contribution in [2.24, 2.45) is 5.73 Å². The van der Waals surface area contributed by atoms with Gasteiger partial charge in [-0.2, -0.15) is 0 Å². The quantitative estimate of drug-likeness (QED) is 0.0247. The molecule has 0 radical (unpaired) electrons. The van der Waals surface area contributed by atoms with Gasteiger partial charge in [0.1, 0.15) is 40.1 Å². The molecule has 22 nitrogen and oxygen atoms in total. The Balaban J connectivity index is 0.000000239. The number of hydrogen-bond acceptors (Lipinski definition) is 19. The fourth-order valence-electron chi connectivity index (χ4n) is 8.94. The molecule has 6 aromatic heterocycles. The maximum atomic E-state index is 11.5. The molecule has 9 rings (SSSR count). The molecule has 9 heterocycles. The maximum absolute atomic E-state index is 11.5. The molecule has 0 spiro atoms. The summed E-state index contributed by atoms with van der Waals surface area (Å²) in [5.74, 6) is 3.41. The van der Waals surface area contributed by atoms with Crippen LogP contribution in [0.2, 0.25) is 0 Å². The molecule has 6 aromatic rings. The molecule has 3 aliphatic rings. The van der Waals surface area contributed by atoms with Crippen molar-refractivity contribution in [3.05, 3.63) is 131 Å². The molecule has 0 saturated heterocycles. The first-order valence-corrected chi connectivity index (χ1v) is 30.6. The molecule has 0 fully saturated rings. The van der Waals surface area contributed by atoms with Crippen molar-refractivity contribution in [1.29, 1.82) is 0 Å². The lowest BCUT2D eigenvalue weighted by molar-refractivity contribution is 0.0515. The van der Waals surface area contributed by atoms with E-state index >= 15 is 0 Å². The van der Waals surface area contributed by atoms with Crippen LogP contribution >= 0.6 is 0 Å². The van der Waals surface area contributed by atoms with Crippen LogP contribution in [0.25, 0.3) is 11.0 Å². The van der Waals surface area contributed by atoms with Crippen LogP contribution in [0, 0.1) is 0 Å². The smallest absolute Gasteiger partial charge is 0.407 e. The second-order valence-electron chi connectivity index (χ2n) is 24.0. The first-order valence-electron chi connectivity index (χ1n) is 30.6. The van der Waals surface area contributed by atoms with Gasteiger partial charge in [0.25, 0.3) is 0 Å². The molecule has 22 heteroatoms. The zero-order valence-electron chi connectivity index (χ0n) is 53.6. The largest absolute Gasteiger partial charge is 0.444 e. The summed E-state index contributed by atoms with van der Waals surface area (Å²) < 4.78 is 15.6. The molecule has 0 saturated carbocycles. The van der Waals surface area contributed by atoms with Crippen molar-refractivity contribution >= 4 is 58.9 Å². The first kappa shape index (κ1) is 72.2. The summed E-state index contributed by atoms with van der Waals surface area (Å²) in [6.45, 7) is 21.3. The molecule has 480 valence electrons. The molecule has 1 atom stereocenters. The molecule has 3 amide bonds. The van der Waals surface area contributed by atoms with E-state index in [1.807, 2.05) is 98.8 Å². The van der Waals surface area contributed by atoms with Crippen molar-refractivity contribution in [2.75, 3.05) is 68.1 Å². The average molecular weight is 1220 g/mol. The van der Waals surface area contributed by atoms with Gasteiger partial charge in [-0.05, 0) is 230 Å². The number of nitrogens with one attached hydrogen (secondary N) is 6. The van der Waals surface area contributed by atoms with Crippen molar-refractivity contribution < 1.29 is 38.5 Å². The van der Waals surface area contributed by atoms with Gasteiger partial charge in [-0.15, -0.1) is 0 Å². The Bertz CT molecular complexity index is 3050. The number of carbonyl (C=O) groups is 4. The Labute approximate surface area is 520 Å². The average Bonchev–Trinajstić information content (AvgIpc) is 2.77. The van der Waals surface area contributed by atoms with Gasteiger partial charge in [0.05, 0.1) is 5.56 Å². The maximum Gasteiger partial charge on any atom is 0.407 e. The number of carbonyl (C=O) groups excluding carboxylic acids is 4. The second-order valence-corrected chi connectivity index (χ2v) is 24.0. The Morgan fingerprint density at radius 1 is 0.580 bits per heavy atom. The number of aromatic nitrogens is 6. The Hall–Kier alpha value is -8.24. The lowest BCUT2D eigenvalue weighted by Crippen LogP contribution is -2.33. The number of hydrogen-bond donors (Lipinski definition) is 9. The lowest BCUT2D eigenvalue weighted by Gasteiger charge is -2.26. The van der Waals surface area contributed by atoms with Crippen LogP contribution in [0.4, 0.5) is 37.7 Å². The number of aliphatic hydroxyl groups is 1. The van der Waals surface area contributed by atoms with Crippen molar-refractivity contribution in [2.45, 2.75) is 175 Å². The number of nitrogens with two attached hydrogens (primary N) is 2. The van der Waals surface area contributed by atoms with Crippen LogP contribution < -0.4 is 43.4 Å². The lowest BCUT2D eigenvalue weighted by atomic mass is 9.98. The number of pyridine rings is 6. The number of aliphatic hydroxyl groups excluding tert-OH is 1. The molecule has 0 aliphatic carbocycles. The molecule has 11 N–H and O–H groups in total. The topological polar surface area (TPSA) is 318 Å². The van der Waals surface area contributed by atoms with Crippen molar-refractivity contribution in [1.82, 2.24) is 45.9 Å². The van der Waals surface area contributed by atoms with Gasteiger partial charge in [0.2, 0.25) is 0 Å². The molecule has 88 heavy (non-hydrogen) atoms. The number of aryl methyl sites for hydroxylation is 6. The second kappa shape index (κ2) is 38.1. The third-order valence-corrected chi connectivity index (χ3v) is 13.0. The predicted octanol–water partition coefficient (Wildman–Crippen LogP) is 10.5. The van der Waals surface area contributed by atoms with Crippen LogP contribution in [0.15, 0.2) is 91.4 Å². The number of nitrogen functional groups attached to an aromatic ring is 1. The highest BCUT2D eigenvalue weighted by atomic mass is 16.6. The summed E-state index contributed by atoms with van der Waals surface area (Å²) in [6, 6.07) is 24.3. The highest BCUT2D eigenvalue weighted by Gasteiger charge is 2.20. The molecule has 3 aliphatic heterocycles. The fraction of sp³-hybridized carbons (Fsp3) is 0.515. The number of fused-ring (bicyclic) bond motifs is 4. The molecular weight excluding hydrogens is 1120 g/mol. The van der Waals surface area contributed by atoms with E-state index in [4.69, 9.17) is 30.8 Å². The Kier molecular flexibility index (Phi) is 31.3. The summed E-state index contributed by atoms with van der Waals surface area (Å²) in [5, 5.41) is 26.5. The standard InChI is InChI=1S/2C16H25N3O2.C16H21N3O2.C11H17N3.C6H6N2O.CH4O/c3*1-16(2,3)21-15(20)18-11-5-7-13-9-8-12-6-4-10-17-14(12)19-13;12-7-1-4-10-6-5-9-3-2-8-13-11(9)14-10;7-6-5(4-9)2-1-3-8-6;1-2/h8-9H,4-7,10-11H2,1-3H3,(H,17,19)(H,18,20);4,6,10,13H,5,7-9,11H2,1-3H3,(H,17,19)(H,18,20);4,6,8-10H,5,7,11H2,1-3H3,(H,18,20);5-6H,1-4,7-8,12H2,(H,13,14);1-4H,(H2,7,8);2H,1H3. The summed E-state index contributed by atoms with van der Waals surface area (Å²) in [5.41, 5.74) is 17.8. The van der Waals surface area contributed by atoms with Crippen molar-refractivity contribution in [3.63, 3.8) is 0 Å². The number of anilines is 4. The van der Waals surface area contributed by atoms with E-state index in [2.05, 4.69) is 92.1 Å². The number of aldehydes is 1. The molecule has 0 bridgehead atoms. The van der Waals surface area contributed by atoms with Crippen LogP contribution in [-0.2, 0) is 52.7 Å². The minimum absolute atomic E-state index is 0.285. The van der Waals surface area contributed by atoms with E-state index in [1.54, 1.807) is 24.5 Å². The number of amides is 3. The predicted molar refractivity (Wildman–Crippen MR) is 350 cm³/mol. The Morgan fingerprint density at radius 2 is 1.05 bits per heavy atom. The van der Waals surface area contributed by atoms with Gasteiger partial charge in [0, 0.05) is 86.9 Å². The molecule has 0 aromatic carbocycles. The summed E-state index contributed by atoms with van der Waals surface area (Å²) in [7, 11) is 1.00. The zero-order valence-corrected chi connectivity index (χ0v) is 53.6. The van der Waals surface area contributed by atoms with Crippen LogP contribution in [0.1, 0.15) is 158 Å². The highest BCUT2D eigenvalue weighted by molar-refractivity contribution is 5.81. The highest BCUT2D eigenvalue weighted by Crippen LogP contribution is 2.25. The van der Waals surface area contributed by atoms with E-state index in [0.717, 1.165) is 149 Å². The Morgan fingerprint density at radius 3 is 1.56 bits per heavy atom. The third kappa shape index (κ3) is 29.4. The van der Waals surface area contributed by atoms with Crippen LogP contribution in [-0.4, -0.2) is 129 Å². The minimum atomic E-state index is -0.463. The van der Waals surface area contributed by atoms with E-state index in [1.165, 1.54) is 29.5 Å². The van der Waals surface area contributed by atoms with Gasteiger partial charge in [0.15, 0.2) is 11.9 Å². The minimum Gasteiger partial charge on any atom is -0.444 e. The van der Waals surface area contributed by atoms with Crippen LogP contribution in [0.5, 0.6) is 0 Å². The normalized spacial score (nSPS) is 13.6. The zero-order chi connectivity index (χ0) is 64.4. The van der Waals surface area contributed by atoms with Gasteiger partial charge in [-0.25, -0.2) is 44.3 Å². The van der Waals surface area contributed by atoms with Gasteiger partial charge < -0.3 is 62.7 Å². The van der Waals surface area contributed by atoms with E-state index in [9.17, 15) is 19.2 Å². The number of rotatable bonds is 16. The monoisotopic (exact) mass is 1210 g/mol. The third-order valence-electron chi connectivity index (χ3n) is 13.0. The van der Waals surface area contributed by atoms with Gasteiger partial charge in [-0.1, -0.05) is 18.2 Å².